The summed E-state index contributed by atoms with van der Waals surface area (Å²) in [6.45, 7) is 0. The van der Waals surface area contributed by atoms with E-state index >= 15 is 0 Å². The van der Waals surface area contributed by atoms with Gasteiger partial charge in [0.2, 0.25) is 0 Å². The Kier molecular flexibility index (Phi) is 4.33. The monoisotopic (exact) mass is 377 g/mol. The van der Waals surface area contributed by atoms with Crippen molar-refractivity contribution in [2.75, 3.05) is 19.0 Å². The molecule has 0 aliphatic carbocycles. The third-order valence-electron chi connectivity index (χ3n) is 5.49. The molecule has 0 unspecified atom stereocenters. The Morgan fingerprint density at radius 3 is 2.24 bits per heavy atom. The number of hydrogen-bond acceptors (Lipinski definition) is 2. The second kappa shape index (κ2) is 7.14. The molecule has 0 atom stereocenters. The van der Waals surface area contributed by atoms with Crippen LogP contribution in [0.2, 0.25) is 0 Å². The van der Waals surface area contributed by atoms with Gasteiger partial charge in [0.05, 0.1) is 0 Å². The lowest BCUT2D eigenvalue weighted by molar-refractivity contribution is 0.670. The maximum Gasteiger partial charge on any atom is 0.143 e. The van der Waals surface area contributed by atoms with Crippen LogP contribution in [0.25, 0.3) is 33.1 Å². The average molecular weight is 377 g/mol. The smallest absolute Gasteiger partial charge is 0.143 e. The highest BCUT2D eigenvalue weighted by molar-refractivity contribution is 6.10. The van der Waals surface area contributed by atoms with Crippen molar-refractivity contribution < 1.29 is 4.42 Å². The van der Waals surface area contributed by atoms with Gasteiger partial charge in [0.1, 0.15) is 11.2 Å². The van der Waals surface area contributed by atoms with Crippen molar-refractivity contribution in [2.45, 2.75) is 6.42 Å². The molecule has 0 aliphatic rings. The number of furan rings is 1. The van der Waals surface area contributed by atoms with Gasteiger partial charge in [0.15, 0.2) is 0 Å². The summed E-state index contributed by atoms with van der Waals surface area (Å²) in [5.41, 5.74) is 8.03. The van der Waals surface area contributed by atoms with Crippen LogP contribution in [0.1, 0.15) is 11.1 Å². The van der Waals surface area contributed by atoms with Crippen LogP contribution >= 0.6 is 0 Å². The minimum atomic E-state index is 0.914. The minimum Gasteiger partial charge on any atom is -0.455 e. The fourth-order valence-electron chi connectivity index (χ4n) is 4.09. The third-order valence-corrected chi connectivity index (χ3v) is 5.49. The highest BCUT2D eigenvalue weighted by atomic mass is 16.3. The summed E-state index contributed by atoms with van der Waals surface area (Å²) in [6.07, 6.45) is 0.914. The molecule has 0 saturated carbocycles. The normalized spacial score (nSPS) is 11.2. The number of rotatable bonds is 4. The largest absolute Gasteiger partial charge is 0.455 e. The molecule has 142 valence electrons. The standard InChI is InChI=1S/C27H23NO/c1-28(2)25-16-15-20(17-19-9-4-3-5-10-19)18-24(25)23-13-8-12-22-21-11-6-7-14-26(21)29-27(22)23/h3-16,18H,17H2,1-2H3. The molecule has 0 radical (unpaired) electrons. The molecule has 0 N–H and O–H groups in total. The van der Waals surface area contributed by atoms with E-state index in [0.29, 0.717) is 0 Å². The van der Waals surface area contributed by atoms with Crippen molar-refractivity contribution in [1.82, 2.24) is 0 Å². The first-order valence-electron chi connectivity index (χ1n) is 9.95. The maximum absolute atomic E-state index is 6.31. The van der Waals surface area contributed by atoms with E-state index in [4.69, 9.17) is 4.42 Å². The Balaban J connectivity index is 1.71. The Labute approximate surface area is 171 Å². The lowest BCUT2D eigenvalue weighted by Crippen LogP contribution is -2.10. The van der Waals surface area contributed by atoms with Crippen molar-refractivity contribution in [3.8, 4) is 11.1 Å². The van der Waals surface area contributed by atoms with Gasteiger partial charge in [-0.05, 0) is 35.7 Å². The topological polar surface area (TPSA) is 16.4 Å². The van der Waals surface area contributed by atoms with Gasteiger partial charge in [-0.15, -0.1) is 0 Å². The summed E-state index contributed by atoms with van der Waals surface area (Å²) < 4.78 is 6.31. The molecular weight excluding hydrogens is 354 g/mol. The summed E-state index contributed by atoms with van der Waals surface area (Å²) >= 11 is 0. The molecule has 0 spiro atoms. The number of fused-ring (bicyclic) bond motifs is 3. The maximum atomic E-state index is 6.31. The van der Waals surface area contributed by atoms with Crippen molar-refractivity contribution in [2.24, 2.45) is 0 Å². The summed E-state index contributed by atoms with van der Waals surface area (Å²) in [6, 6.07) is 32.1. The van der Waals surface area contributed by atoms with Crippen LogP contribution in [0.3, 0.4) is 0 Å². The zero-order valence-electron chi connectivity index (χ0n) is 16.7. The van der Waals surface area contributed by atoms with Gasteiger partial charge in [0.25, 0.3) is 0 Å². The SMILES string of the molecule is CN(C)c1ccc(Cc2ccccc2)cc1-c1cccc2c1oc1ccccc12. The molecule has 0 saturated heterocycles. The van der Waals surface area contributed by atoms with E-state index in [1.165, 1.54) is 22.4 Å². The zero-order chi connectivity index (χ0) is 19.8. The first-order chi connectivity index (χ1) is 14.2. The van der Waals surface area contributed by atoms with Gasteiger partial charge < -0.3 is 9.32 Å². The molecule has 0 aliphatic heterocycles. The van der Waals surface area contributed by atoms with Gasteiger partial charge in [-0.1, -0.05) is 72.8 Å². The van der Waals surface area contributed by atoms with Crippen LogP contribution in [-0.4, -0.2) is 14.1 Å². The Morgan fingerprint density at radius 1 is 0.655 bits per heavy atom. The molecule has 1 heterocycles. The molecule has 1 aromatic heterocycles. The van der Waals surface area contributed by atoms with E-state index in [1.807, 2.05) is 12.1 Å². The van der Waals surface area contributed by atoms with Crippen molar-refractivity contribution >= 4 is 27.6 Å². The van der Waals surface area contributed by atoms with Gasteiger partial charge in [0, 0.05) is 41.7 Å². The third kappa shape index (κ3) is 3.17. The average Bonchev–Trinajstić information content (AvgIpc) is 3.13. The molecule has 0 amide bonds. The van der Waals surface area contributed by atoms with E-state index in [1.54, 1.807) is 0 Å². The fourth-order valence-corrected chi connectivity index (χ4v) is 4.09. The van der Waals surface area contributed by atoms with Gasteiger partial charge in [-0.2, -0.15) is 0 Å². The summed E-state index contributed by atoms with van der Waals surface area (Å²) in [7, 11) is 4.18. The van der Waals surface area contributed by atoms with Crippen molar-refractivity contribution in [3.05, 3.63) is 102 Å². The van der Waals surface area contributed by atoms with Crippen LogP contribution in [0.4, 0.5) is 5.69 Å². The highest BCUT2D eigenvalue weighted by Crippen LogP contribution is 2.39. The second-order valence-electron chi connectivity index (χ2n) is 7.69. The molecule has 0 fully saturated rings. The number of nitrogens with zero attached hydrogens (tertiary/aromatic N) is 1. The van der Waals surface area contributed by atoms with Crippen LogP contribution in [0.15, 0.2) is 95.4 Å². The predicted molar refractivity (Wildman–Crippen MR) is 123 cm³/mol. The van der Waals surface area contributed by atoms with Crippen LogP contribution < -0.4 is 4.90 Å². The molecule has 5 rings (SSSR count). The van der Waals surface area contributed by atoms with E-state index in [0.717, 1.165) is 33.9 Å². The van der Waals surface area contributed by atoms with E-state index in [2.05, 4.69) is 97.9 Å². The Bertz CT molecular complexity index is 1300. The number of anilines is 1. The summed E-state index contributed by atoms with van der Waals surface area (Å²) in [4.78, 5) is 2.17. The Morgan fingerprint density at radius 2 is 1.41 bits per heavy atom. The summed E-state index contributed by atoms with van der Waals surface area (Å²) in [5, 5.41) is 2.33. The first kappa shape index (κ1) is 17.6. The minimum absolute atomic E-state index is 0.914. The van der Waals surface area contributed by atoms with Crippen LogP contribution in [-0.2, 0) is 6.42 Å². The van der Waals surface area contributed by atoms with Gasteiger partial charge in [-0.3, -0.25) is 0 Å². The molecular formula is C27H23NO. The van der Waals surface area contributed by atoms with Crippen molar-refractivity contribution in [1.29, 1.82) is 0 Å². The van der Waals surface area contributed by atoms with E-state index < -0.39 is 0 Å². The van der Waals surface area contributed by atoms with Crippen molar-refractivity contribution in [3.63, 3.8) is 0 Å². The fraction of sp³-hybridized carbons (Fsp3) is 0.111. The van der Waals surface area contributed by atoms with Gasteiger partial charge in [-0.25, -0.2) is 0 Å². The number of hydrogen-bond donors (Lipinski definition) is 0. The van der Waals surface area contributed by atoms with Crippen LogP contribution in [0, 0.1) is 0 Å². The number of para-hydroxylation sites is 2. The van der Waals surface area contributed by atoms with Gasteiger partial charge >= 0.3 is 0 Å². The molecule has 2 heteroatoms. The van der Waals surface area contributed by atoms with E-state index in [9.17, 15) is 0 Å². The highest BCUT2D eigenvalue weighted by Gasteiger charge is 2.16. The molecule has 5 aromatic rings. The number of benzene rings is 4. The molecule has 29 heavy (non-hydrogen) atoms. The Hall–Kier alpha value is -3.52. The summed E-state index contributed by atoms with van der Waals surface area (Å²) in [5.74, 6) is 0. The predicted octanol–water partition coefficient (Wildman–Crippen LogP) is 6.91. The molecule has 2 nitrogen and oxygen atoms in total. The zero-order valence-corrected chi connectivity index (χ0v) is 16.7. The lowest BCUT2D eigenvalue weighted by atomic mass is 9.96. The quantitative estimate of drug-likeness (QED) is 0.338. The lowest BCUT2D eigenvalue weighted by Gasteiger charge is -2.19. The van der Waals surface area contributed by atoms with Crippen LogP contribution in [0.5, 0.6) is 0 Å². The first-order valence-corrected chi connectivity index (χ1v) is 9.95. The second-order valence-corrected chi connectivity index (χ2v) is 7.69. The van der Waals surface area contributed by atoms with E-state index in [-0.39, 0.29) is 0 Å². The molecule has 4 aromatic carbocycles. The molecule has 0 bridgehead atoms.